The SMILES string of the molecule is CCCCCCOc1ccc([NH+]([O-])O)cc1. The van der Waals surface area contributed by atoms with E-state index in [0.717, 1.165) is 12.2 Å². The van der Waals surface area contributed by atoms with Gasteiger partial charge in [-0.2, -0.15) is 5.23 Å². The molecule has 0 aliphatic carbocycles. The Hall–Kier alpha value is -1.10. The van der Waals surface area contributed by atoms with Crippen molar-refractivity contribution in [3.63, 3.8) is 0 Å². The van der Waals surface area contributed by atoms with Gasteiger partial charge in [0.2, 0.25) is 0 Å². The monoisotopic (exact) mass is 225 g/mol. The molecule has 1 aromatic rings. The maximum atomic E-state index is 10.6. The number of ether oxygens (including phenoxy) is 1. The first kappa shape index (κ1) is 13.0. The van der Waals surface area contributed by atoms with Gasteiger partial charge in [-0.3, -0.25) is 0 Å². The van der Waals surface area contributed by atoms with Gasteiger partial charge in [-0.15, -0.1) is 0 Å². The third-order valence-corrected chi connectivity index (χ3v) is 2.37. The molecule has 0 saturated heterocycles. The molecular weight excluding hydrogens is 206 g/mol. The molecule has 1 atom stereocenters. The van der Waals surface area contributed by atoms with Crippen LogP contribution in [0, 0.1) is 5.21 Å². The predicted molar refractivity (Wildman–Crippen MR) is 61.9 cm³/mol. The third-order valence-electron chi connectivity index (χ3n) is 2.37. The van der Waals surface area contributed by atoms with Crippen LogP contribution in [0.15, 0.2) is 24.3 Å². The molecule has 16 heavy (non-hydrogen) atoms. The number of quaternary nitrogens is 1. The van der Waals surface area contributed by atoms with Crippen molar-refractivity contribution in [3.8, 4) is 5.75 Å². The topological polar surface area (TPSA) is 57.0 Å². The summed E-state index contributed by atoms with van der Waals surface area (Å²) < 4.78 is 5.49. The molecular formula is C12H19NO3. The van der Waals surface area contributed by atoms with E-state index < -0.39 is 5.23 Å². The van der Waals surface area contributed by atoms with E-state index in [1.54, 1.807) is 24.3 Å². The molecule has 0 radical (unpaired) electrons. The second-order valence-electron chi connectivity index (χ2n) is 3.74. The molecule has 0 fully saturated rings. The Morgan fingerprint density at radius 1 is 1.19 bits per heavy atom. The van der Waals surface area contributed by atoms with E-state index in [1.807, 2.05) is 0 Å². The second kappa shape index (κ2) is 7.22. The maximum Gasteiger partial charge on any atom is 0.164 e. The number of nitrogens with one attached hydrogen (secondary N) is 1. The van der Waals surface area contributed by atoms with Crippen molar-refractivity contribution in [1.29, 1.82) is 0 Å². The molecule has 4 nitrogen and oxygen atoms in total. The van der Waals surface area contributed by atoms with Gasteiger partial charge >= 0.3 is 0 Å². The first-order valence-corrected chi connectivity index (χ1v) is 5.70. The lowest BCUT2D eigenvalue weighted by Crippen LogP contribution is -2.99. The molecule has 0 aliphatic rings. The van der Waals surface area contributed by atoms with E-state index in [2.05, 4.69) is 6.92 Å². The first-order valence-electron chi connectivity index (χ1n) is 5.70. The lowest BCUT2D eigenvalue weighted by molar-refractivity contribution is -0.991. The zero-order valence-corrected chi connectivity index (χ0v) is 9.61. The van der Waals surface area contributed by atoms with Crippen LogP contribution in [0.5, 0.6) is 5.75 Å². The Kier molecular flexibility index (Phi) is 5.85. The molecule has 0 aliphatic heterocycles. The van der Waals surface area contributed by atoms with Crippen LogP contribution in [0.25, 0.3) is 0 Å². The van der Waals surface area contributed by atoms with E-state index in [1.165, 1.54) is 19.3 Å². The summed E-state index contributed by atoms with van der Waals surface area (Å²) in [5, 5.41) is 18.4. The van der Waals surface area contributed by atoms with E-state index in [-0.39, 0.29) is 0 Å². The Morgan fingerprint density at radius 2 is 1.88 bits per heavy atom. The van der Waals surface area contributed by atoms with Crippen molar-refractivity contribution in [3.05, 3.63) is 29.5 Å². The number of unbranched alkanes of at least 4 members (excludes halogenated alkanes) is 3. The average molecular weight is 225 g/mol. The normalized spacial score (nSPS) is 12.4. The highest BCUT2D eigenvalue weighted by molar-refractivity contribution is 5.35. The molecule has 0 saturated carbocycles. The van der Waals surface area contributed by atoms with Crippen molar-refractivity contribution in [2.45, 2.75) is 32.6 Å². The summed E-state index contributed by atoms with van der Waals surface area (Å²) in [5.41, 5.74) is 0.290. The molecule has 0 bridgehead atoms. The van der Waals surface area contributed by atoms with Gasteiger partial charge in [0.25, 0.3) is 0 Å². The summed E-state index contributed by atoms with van der Waals surface area (Å²) in [6, 6.07) is 6.51. The minimum atomic E-state index is -0.908. The predicted octanol–water partition coefficient (Wildman–Crippen LogP) is 2.05. The molecule has 4 heteroatoms. The van der Waals surface area contributed by atoms with Gasteiger partial charge in [-0.25, -0.2) is 5.21 Å². The summed E-state index contributed by atoms with van der Waals surface area (Å²) in [6.45, 7) is 2.87. The van der Waals surface area contributed by atoms with E-state index >= 15 is 0 Å². The van der Waals surface area contributed by atoms with Crippen LogP contribution < -0.4 is 9.96 Å². The summed E-state index contributed by atoms with van der Waals surface area (Å²) in [4.78, 5) is 0. The number of rotatable bonds is 7. The summed E-state index contributed by atoms with van der Waals surface area (Å²) >= 11 is 0. The van der Waals surface area contributed by atoms with Gasteiger partial charge in [-0.1, -0.05) is 26.2 Å². The molecule has 0 heterocycles. The van der Waals surface area contributed by atoms with E-state index in [0.29, 0.717) is 12.3 Å². The van der Waals surface area contributed by atoms with Crippen molar-refractivity contribution in [2.75, 3.05) is 6.61 Å². The molecule has 0 amide bonds. The van der Waals surface area contributed by atoms with Crippen molar-refractivity contribution >= 4 is 5.69 Å². The largest absolute Gasteiger partial charge is 0.595 e. The fourth-order valence-electron chi connectivity index (χ4n) is 1.41. The molecule has 1 aromatic carbocycles. The van der Waals surface area contributed by atoms with Gasteiger partial charge in [0.05, 0.1) is 6.61 Å². The molecule has 0 aromatic heterocycles. The smallest absolute Gasteiger partial charge is 0.164 e. The Bertz CT molecular complexity index is 285. The minimum absolute atomic E-state index is 0.290. The third kappa shape index (κ3) is 4.61. The standard InChI is InChI=1S/C12H19NO3/c1-2-3-4-5-10-16-12-8-6-11(7-9-12)13(14)15/h6-9,13-14H,2-5,10H2,1H3. The lowest BCUT2D eigenvalue weighted by atomic mass is 10.2. The zero-order chi connectivity index (χ0) is 11.8. The van der Waals surface area contributed by atoms with Crippen LogP contribution in [0.1, 0.15) is 32.6 Å². The highest BCUT2D eigenvalue weighted by atomic mass is 16.8. The Morgan fingerprint density at radius 3 is 2.44 bits per heavy atom. The van der Waals surface area contributed by atoms with Gasteiger partial charge < -0.3 is 9.94 Å². The van der Waals surface area contributed by atoms with Crippen LogP contribution in [0.4, 0.5) is 5.69 Å². The van der Waals surface area contributed by atoms with E-state index in [9.17, 15) is 5.21 Å². The highest BCUT2D eigenvalue weighted by Gasteiger charge is 1.99. The number of hydrogen-bond donors (Lipinski definition) is 2. The Labute approximate surface area is 96.0 Å². The van der Waals surface area contributed by atoms with Crippen LogP contribution in [-0.4, -0.2) is 11.8 Å². The summed E-state index contributed by atoms with van der Waals surface area (Å²) in [7, 11) is 0. The number of hydrogen-bond acceptors (Lipinski definition) is 3. The fourth-order valence-corrected chi connectivity index (χ4v) is 1.41. The fraction of sp³-hybridized carbons (Fsp3) is 0.500. The molecule has 90 valence electrons. The van der Waals surface area contributed by atoms with Gasteiger partial charge in [0.1, 0.15) is 5.75 Å². The second-order valence-corrected chi connectivity index (χ2v) is 3.74. The highest BCUT2D eigenvalue weighted by Crippen LogP contribution is 2.13. The van der Waals surface area contributed by atoms with E-state index in [4.69, 9.17) is 9.94 Å². The van der Waals surface area contributed by atoms with Gasteiger partial charge in [0, 0.05) is 12.1 Å². The quantitative estimate of drug-likeness (QED) is 0.551. The Balaban J connectivity index is 2.27. The lowest BCUT2D eigenvalue weighted by Gasteiger charge is -2.12. The van der Waals surface area contributed by atoms with Crippen LogP contribution >= 0.6 is 0 Å². The van der Waals surface area contributed by atoms with Crippen molar-refractivity contribution in [2.24, 2.45) is 0 Å². The van der Waals surface area contributed by atoms with Crippen LogP contribution in [0.3, 0.4) is 0 Å². The van der Waals surface area contributed by atoms with Gasteiger partial charge in [0.15, 0.2) is 5.69 Å². The molecule has 1 rings (SSSR count). The summed E-state index contributed by atoms with van der Waals surface area (Å²) in [6.07, 6.45) is 4.69. The minimum Gasteiger partial charge on any atom is -0.595 e. The molecule has 2 N–H and O–H groups in total. The molecule has 1 unspecified atom stereocenters. The van der Waals surface area contributed by atoms with Crippen molar-refractivity contribution in [1.82, 2.24) is 0 Å². The zero-order valence-electron chi connectivity index (χ0n) is 9.61. The first-order chi connectivity index (χ1) is 7.74. The van der Waals surface area contributed by atoms with Crippen LogP contribution in [-0.2, 0) is 0 Å². The molecule has 0 spiro atoms. The van der Waals surface area contributed by atoms with Crippen molar-refractivity contribution < 1.29 is 15.2 Å². The summed E-state index contributed by atoms with van der Waals surface area (Å²) in [5.74, 6) is 0.737. The van der Waals surface area contributed by atoms with Gasteiger partial charge in [-0.05, 0) is 18.6 Å². The number of benzene rings is 1. The average Bonchev–Trinajstić information content (AvgIpc) is 2.29. The van der Waals surface area contributed by atoms with Crippen LogP contribution in [0.2, 0.25) is 0 Å². The maximum absolute atomic E-state index is 10.6.